The van der Waals surface area contributed by atoms with E-state index in [0.29, 0.717) is 5.15 Å². The van der Waals surface area contributed by atoms with E-state index in [0.717, 1.165) is 18.4 Å². The van der Waals surface area contributed by atoms with Crippen molar-refractivity contribution in [2.24, 2.45) is 5.73 Å². The third kappa shape index (κ3) is 3.33. The number of rotatable bonds is 4. The largest absolute Gasteiger partial charge is 0.324 e. The van der Waals surface area contributed by atoms with E-state index in [-0.39, 0.29) is 6.04 Å². The fourth-order valence-corrected chi connectivity index (χ4v) is 1.31. The lowest BCUT2D eigenvalue weighted by Gasteiger charge is -2.10. The third-order valence-corrected chi connectivity index (χ3v) is 2.27. The molecule has 0 unspecified atom stereocenters. The minimum atomic E-state index is 0.102. The van der Waals surface area contributed by atoms with Crippen LogP contribution in [0.4, 0.5) is 0 Å². The van der Waals surface area contributed by atoms with E-state index < -0.39 is 0 Å². The summed E-state index contributed by atoms with van der Waals surface area (Å²) < 4.78 is 0. The van der Waals surface area contributed by atoms with E-state index >= 15 is 0 Å². The van der Waals surface area contributed by atoms with Gasteiger partial charge in [0.1, 0.15) is 5.15 Å². The maximum absolute atomic E-state index is 5.95. The summed E-state index contributed by atoms with van der Waals surface area (Å²) in [6, 6.07) is 3.82. The molecule has 0 saturated heterocycles. The van der Waals surface area contributed by atoms with Crippen molar-refractivity contribution in [3.05, 3.63) is 29.0 Å². The van der Waals surface area contributed by atoms with Crippen molar-refractivity contribution in [2.75, 3.05) is 0 Å². The average molecular weight is 199 g/mol. The van der Waals surface area contributed by atoms with Crippen LogP contribution in [0.5, 0.6) is 0 Å². The molecule has 0 fully saturated rings. The second-order valence-electron chi connectivity index (χ2n) is 3.16. The van der Waals surface area contributed by atoms with E-state index in [1.807, 2.05) is 6.07 Å². The van der Waals surface area contributed by atoms with E-state index in [4.69, 9.17) is 17.3 Å². The van der Waals surface area contributed by atoms with Crippen molar-refractivity contribution in [3.63, 3.8) is 0 Å². The maximum atomic E-state index is 5.95. The monoisotopic (exact) mass is 198 g/mol. The lowest BCUT2D eigenvalue weighted by Crippen LogP contribution is -2.10. The van der Waals surface area contributed by atoms with Gasteiger partial charge in [0, 0.05) is 12.2 Å². The van der Waals surface area contributed by atoms with Crippen molar-refractivity contribution in [1.29, 1.82) is 0 Å². The van der Waals surface area contributed by atoms with Crippen molar-refractivity contribution in [1.82, 2.24) is 4.98 Å². The first kappa shape index (κ1) is 10.5. The summed E-state index contributed by atoms with van der Waals surface area (Å²) in [6.07, 6.45) is 5.10. The van der Waals surface area contributed by atoms with Crippen LogP contribution in [0.15, 0.2) is 18.3 Å². The van der Waals surface area contributed by atoms with Gasteiger partial charge in [0.2, 0.25) is 0 Å². The Morgan fingerprint density at radius 2 is 2.31 bits per heavy atom. The summed E-state index contributed by atoms with van der Waals surface area (Å²) in [5, 5.41) is 0.520. The highest BCUT2D eigenvalue weighted by atomic mass is 35.5. The van der Waals surface area contributed by atoms with Gasteiger partial charge in [0.05, 0.1) is 0 Å². The Kier molecular flexibility index (Phi) is 4.19. The molecule has 0 aliphatic rings. The zero-order valence-electron chi connectivity index (χ0n) is 7.83. The fraction of sp³-hybridized carbons (Fsp3) is 0.500. The molecule has 72 valence electrons. The van der Waals surface area contributed by atoms with Crippen LogP contribution >= 0.6 is 11.6 Å². The Bertz CT molecular complexity index is 246. The molecule has 13 heavy (non-hydrogen) atoms. The number of hydrogen-bond acceptors (Lipinski definition) is 2. The zero-order chi connectivity index (χ0) is 9.68. The number of nitrogens with zero attached hydrogens (tertiary/aromatic N) is 1. The molecule has 1 heterocycles. The third-order valence-electron chi connectivity index (χ3n) is 2.05. The van der Waals surface area contributed by atoms with E-state index in [1.165, 1.54) is 6.42 Å². The Labute approximate surface area is 84.1 Å². The summed E-state index contributed by atoms with van der Waals surface area (Å²) >= 11 is 5.67. The predicted molar refractivity (Wildman–Crippen MR) is 55.7 cm³/mol. The second-order valence-corrected chi connectivity index (χ2v) is 3.55. The summed E-state index contributed by atoms with van der Waals surface area (Å²) in [6.45, 7) is 2.16. The number of pyridine rings is 1. The molecule has 1 aromatic heterocycles. The molecule has 0 bridgehead atoms. The molecule has 1 rings (SSSR count). The van der Waals surface area contributed by atoms with Gasteiger partial charge >= 0.3 is 0 Å². The molecule has 0 spiro atoms. The molecule has 3 heteroatoms. The van der Waals surface area contributed by atoms with Crippen molar-refractivity contribution >= 4 is 11.6 Å². The molecule has 1 aromatic rings. The van der Waals surface area contributed by atoms with E-state index in [9.17, 15) is 0 Å². The number of aromatic nitrogens is 1. The Balaban J connectivity index is 2.55. The van der Waals surface area contributed by atoms with Gasteiger partial charge in [-0.15, -0.1) is 0 Å². The first-order valence-electron chi connectivity index (χ1n) is 4.61. The molecule has 0 radical (unpaired) electrons. The fourth-order valence-electron chi connectivity index (χ4n) is 1.20. The molecule has 0 aromatic carbocycles. The van der Waals surface area contributed by atoms with Gasteiger partial charge in [-0.05, 0) is 18.1 Å². The number of halogens is 1. The SMILES string of the molecule is CCCC[C@@H](N)c1ccc(Cl)nc1. The van der Waals surface area contributed by atoms with Crippen molar-refractivity contribution < 1.29 is 0 Å². The zero-order valence-corrected chi connectivity index (χ0v) is 8.59. The lowest BCUT2D eigenvalue weighted by molar-refractivity contribution is 0.602. The first-order valence-corrected chi connectivity index (χ1v) is 4.99. The summed E-state index contributed by atoms with van der Waals surface area (Å²) in [4.78, 5) is 3.99. The maximum Gasteiger partial charge on any atom is 0.129 e. The molecule has 2 nitrogen and oxygen atoms in total. The molecule has 1 atom stereocenters. The van der Waals surface area contributed by atoms with Crippen LogP contribution < -0.4 is 5.73 Å². The van der Waals surface area contributed by atoms with Gasteiger partial charge in [-0.25, -0.2) is 4.98 Å². The van der Waals surface area contributed by atoms with E-state index in [1.54, 1.807) is 12.3 Å². The van der Waals surface area contributed by atoms with Crippen LogP contribution in [0.3, 0.4) is 0 Å². The van der Waals surface area contributed by atoms with Gasteiger partial charge in [-0.1, -0.05) is 37.4 Å². The van der Waals surface area contributed by atoms with Gasteiger partial charge in [-0.3, -0.25) is 0 Å². The molecule has 0 saturated carbocycles. The van der Waals surface area contributed by atoms with Gasteiger partial charge < -0.3 is 5.73 Å². The first-order chi connectivity index (χ1) is 6.24. The van der Waals surface area contributed by atoms with Crippen LogP contribution in [-0.2, 0) is 0 Å². The second kappa shape index (κ2) is 5.20. The van der Waals surface area contributed by atoms with E-state index in [2.05, 4.69) is 11.9 Å². The minimum absolute atomic E-state index is 0.102. The minimum Gasteiger partial charge on any atom is -0.324 e. The Morgan fingerprint density at radius 3 is 2.85 bits per heavy atom. The molecule has 0 aliphatic heterocycles. The summed E-state index contributed by atoms with van der Waals surface area (Å²) in [7, 11) is 0. The van der Waals surface area contributed by atoms with Crippen LogP contribution in [0.2, 0.25) is 5.15 Å². The summed E-state index contributed by atoms with van der Waals surface area (Å²) in [5.41, 5.74) is 7.02. The molecule has 0 amide bonds. The van der Waals surface area contributed by atoms with Gasteiger partial charge in [-0.2, -0.15) is 0 Å². The normalized spacial score (nSPS) is 12.8. The topological polar surface area (TPSA) is 38.9 Å². The number of unbranched alkanes of at least 4 members (excludes halogenated alkanes) is 1. The molecular weight excluding hydrogens is 184 g/mol. The van der Waals surface area contributed by atoms with Gasteiger partial charge in [0.15, 0.2) is 0 Å². The average Bonchev–Trinajstić information content (AvgIpc) is 2.15. The molecule has 2 N–H and O–H groups in total. The Hall–Kier alpha value is -0.600. The quantitative estimate of drug-likeness (QED) is 0.756. The highest BCUT2D eigenvalue weighted by molar-refractivity contribution is 6.29. The van der Waals surface area contributed by atoms with Crippen LogP contribution in [0.1, 0.15) is 37.8 Å². The number of nitrogens with two attached hydrogens (primary N) is 1. The van der Waals surface area contributed by atoms with Crippen molar-refractivity contribution in [2.45, 2.75) is 32.2 Å². The molecule has 0 aliphatic carbocycles. The lowest BCUT2D eigenvalue weighted by atomic mass is 10.0. The highest BCUT2D eigenvalue weighted by Crippen LogP contribution is 2.16. The van der Waals surface area contributed by atoms with Crippen molar-refractivity contribution in [3.8, 4) is 0 Å². The standard InChI is InChI=1S/C10H15ClN2/c1-2-3-4-9(12)8-5-6-10(11)13-7-8/h5-7,9H,2-4,12H2,1H3/t9-/m1/s1. The van der Waals surface area contributed by atoms with Gasteiger partial charge in [0.25, 0.3) is 0 Å². The highest BCUT2D eigenvalue weighted by Gasteiger charge is 2.04. The summed E-state index contributed by atoms with van der Waals surface area (Å²) in [5.74, 6) is 0. The predicted octanol–water partition coefficient (Wildman–Crippen LogP) is 2.93. The van der Waals surface area contributed by atoms with Crippen LogP contribution in [-0.4, -0.2) is 4.98 Å². The molecular formula is C10H15ClN2. The van der Waals surface area contributed by atoms with Crippen LogP contribution in [0.25, 0.3) is 0 Å². The Morgan fingerprint density at radius 1 is 1.54 bits per heavy atom. The van der Waals surface area contributed by atoms with Crippen LogP contribution in [0, 0.1) is 0 Å². The smallest absolute Gasteiger partial charge is 0.129 e. The number of hydrogen-bond donors (Lipinski definition) is 1.